The molecule has 0 atom stereocenters. The van der Waals surface area contributed by atoms with Gasteiger partial charge in [0.25, 0.3) is 0 Å². The predicted octanol–water partition coefficient (Wildman–Crippen LogP) is 2.35. The van der Waals surface area contributed by atoms with Gasteiger partial charge in [-0.25, -0.2) is 0 Å². The molecular formula is C13H27ClN2O. The smallest absolute Gasteiger partial charge is 0.220 e. The zero-order chi connectivity index (χ0) is 12.0. The monoisotopic (exact) mass is 262 g/mol. The molecule has 1 aliphatic carbocycles. The molecular weight excluding hydrogens is 236 g/mol. The average Bonchev–Trinajstić information content (AvgIpc) is 2.95. The molecule has 1 saturated carbocycles. The highest BCUT2D eigenvalue weighted by atomic mass is 35.5. The summed E-state index contributed by atoms with van der Waals surface area (Å²) in [5.41, 5.74) is 0.451. The Morgan fingerprint density at radius 2 is 2.00 bits per heavy atom. The van der Waals surface area contributed by atoms with E-state index in [0.29, 0.717) is 11.8 Å². The molecule has 0 aromatic rings. The Labute approximate surface area is 112 Å². The van der Waals surface area contributed by atoms with Crippen LogP contribution in [-0.2, 0) is 4.79 Å². The van der Waals surface area contributed by atoms with Crippen molar-refractivity contribution in [2.75, 3.05) is 20.1 Å². The zero-order valence-electron chi connectivity index (χ0n) is 11.3. The maximum atomic E-state index is 11.5. The van der Waals surface area contributed by atoms with Crippen LogP contribution in [0, 0.1) is 11.3 Å². The van der Waals surface area contributed by atoms with Crippen LogP contribution in [-0.4, -0.2) is 26.0 Å². The second kappa shape index (κ2) is 7.93. The molecule has 0 aromatic heterocycles. The molecule has 3 nitrogen and oxygen atoms in total. The van der Waals surface area contributed by atoms with Gasteiger partial charge in [0.1, 0.15) is 0 Å². The topological polar surface area (TPSA) is 41.1 Å². The number of hydrogen-bond donors (Lipinski definition) is 2. The molecule has 1 rings (SSSR count). The van der Waals surface area contributed by atoms with E-state index in [1.54, 1.807) is 0 Å². The van der Waals surface area contributed by atoms with Gasteiger partial charge in [0, 0.05) is 13.0 Å². The SMILES string of the molecule is CNCCCC(=O)NCC1(CC(C)C)CC1.Cl. The van der Waals surface area contributed by atoms with E-state index in [0.717, 1.165) is 25.4 Å². The molecule has 17 heavy (non-hydrogen) atoms. The fourth-order valence-corrected chi connectivity index (χ4v) is 2.30. The van der Waals surface area contributed by atoms with E-state index in [9.17, 15) is 4.79 Å². The highest BCUT2D eigenvalue weighted by Crippen LogP contribution is 2.49. The summed E-state index contributed by atoms with van der Waals surface area (Å²) in [4.78, 5) is 11.5. The van der Waals surface area contributed by atoms with E-state index in [4.69, 9.17) is 0 Å². The fraction of sp³-hybridized carbons (Fsp3) is 0.923. The van der Waals surface area contributed by atoms with Gasteiger partial charge in [-0.1, -0.05) is 13.8 Å². The Bertz CT molecular complexity index is 227. The first-order valence-electron chi connectivity index (χ1n) is 6.49. The fourth-order valence-electron chi connectivity index (χ4n) is 2.30. The number of amides is 1. The molecule has 102 valence electrons. The minimum Gasteiger partial charge on any atom is -0.356 e. The molecule has 0 unspecified atom stereocenters. The Morgan fingerprint density at radius 3 is 2.47 bits per heavy atom. The number of nitrogens with one attached hydrogen (secondary N) is 2. The first-order valence-corrected chi connectivity index (χ1v) is 6.49. The second-order valence-electron chi connectivity index (χ2n) is 5.58. The largest absolute Gasteiger partial charge is 0.356 e. The number of halogens is 1. The summed E-state index contributed by atoms with van der Waals surface area (Å²) in [6, 6.07) is 0. The molecule has 1 aliphatic rings. The summed E-state index contributed by atoms with van der Waals surface area (Å²) in [6.07, 6.45) is 5.42. The van der Waals surface area contributed by atoms with Crippen molar-refractivity contribution in [2.24, 2.45) is 11.3 Å². The molecule has 0 heterocycles. The molecule has 2 N–H and O–H groups in total. The van der Waals surface area contributed by atoms with Gasteiger partial charge in [-0.3, -0.25) is 4.79 Å². The summed E-state index contributed by atoms with van der Waals surface area (Å²) in [5.74, 6) is 0.953. The predicted molar refractivity (Wildman–Crippen MR) is 74.5 cm³/mol. The van der Waals surface area contributed by atoms with Crippen molar-refractivity contribution in [2.45, 2.75) is 46.0 Å². The van der Waals surface area contributed by atoms with Crippen molar-refractivity contribution in [1.29, 1.82) is 0 Å². The third-order valence-corrected chi connectivity index (χ3v) is 3.29. The highest BCUT2D eigenvalue weighted by molar-refractivity contribution is 5.85. The minimum absolute atomic E-state index is 0. The van der Waals surface area contributed by atoms with Crippen molar-refractivity contribution in [3.63, 3.8) is 0 Å². The van der Waals surface area contributed by atoms with Crippen LogP contribution < -0.4 is 10.6 Å². The first kappa shape index (κ1) is 16.7. The second-order valence-corrected chi connectivity index (χ2v) is 5.58. The quantitative estimate of drug-likeness (QED) is 0.660. The van der Waals surface area contributed by atoms with Crippen molar-refractivity contribution < 1.29 is 4.79 Å². The minimum atomic E-state index is 0. The lowest BCUT2D eigenvalue weighted by atomic mass is 9.94. The zero-order valence-corrected chi connectivity index (χ0v) is 12.2. The van der Waals surface area contributed by atoms with Crippen LogP contribution >= 0.6 is 12.4 Å². The molecule has 0 bridgehead atoms. The summed E-state index contributed by atoms with van der Waals surface area (Å²) >= 11 is 0. The third kappa shape index (κ3) is 6.89. The average molecular weight is 263 g/mol. The number of hydrogen-bond acceptors (Lipinski definition) is 2. The Hall–Kier alpha value is -0.280. The van der Waals surface area contributed by atoms with E-state index < -0.39 is 0 Å². The van der Waals surface area contributed by atoms with Crippen molar-refractivity contribution in [3.8, 4) is 0 Å². The number of carbonyl (C=O) groups is 1. The normalized spacial score (nSPS) is 16.5. The summed E-state index contributed by atoms with van der Waals surface area (Å²) in [5, 5.41) is 6.14. The van der Waals surface area contributed by atoms with Gasteiger partial charge in [-0.2, -0.15) is 0 Å². The molecule has 0 saturated heterocycles. The Kier molecular flexibility index (Phi) is 7.80. The van der Waals surface area contributed by atoms with E-state index in [-0.39, 0.29) is 18.3 Å². The van der Waals surface area contributed by atoms with Crippen molar-refractivity contribution >= 4 is 18.3 Å². The number of rotatable bonds is 8. The van der Waals surface area contributed by atoms with Crippen LogP contribution in [0.1, 0.15) is 46.0 Å². The van der Waals surface area contributed by atoms with Crippen LogP contribution in [0.4, 0.5) is 0 Å². The molecule has 0 radical (unpaired) electrons. The third-order valence-electron chi connectivity index (χ3n) is 3.29. The lowest BCUT2D eigenvalue weighted by molar-refractivity contribution is -0.121. The van der Waals surface area contributed by atoms with Gasteiger partial charge < -0.3 is 10.6 Å². The van der Waals surface area contributed by atoms with Gasteiger partial charge in [-0.05, 0) is 50.6 Å². The summed E-state index contributed by atoms with van der Waals surface area (Å²) < 4.78 is 0. The van der Waals surface area contributed by atoms with Crippen molar-refractivity contribution in [3.05, 3.63) is 0 Å². The molecule has 1 fully saturated rings. The lowest BCUT2D eigenvalue weighted by Crippen LogP contribution is -2.31. The molecule has 1 amide bonds. The Morgan fingerprint density at radius 1 is 1.35 bits per heavy atom. The van der Waals surface area contributed by atoms with E-state index in [1.807, 2.05) is 7.05 Å². The van der Waals surface area contributed by atoms with Crippen LogP contribution in [0.15, 0.2) is 0 Å². The molecule has 0 spiro atoms. The molecule has 0 aliphatic heterocycles. The standard InChI is InChI=1S/C13H26N2O.ClH/c1-11(2)9-13(6-7-13)10-15-12(16)5-4-8-14-3;/h11,14H,4-10H2,1-3H3,(H,15,16);1H. The lowest BCUT2D eigenvalue weighted by Gasteiger charge is -2.18. The van der Waals surface area contributed by atoms with Crippen molar-refractivity contribution in [1.82, 2.24) is 10.6 Å². The summed E-state index contributed by atoms with van der Waals surface area (Å²) in [7, 11) is 1.92. The first-order chi connectivity index (χ1) is 7.58. The Balaban J connectivity index is 0.00000256. The maximum absolute atomic E-state index is 11.5. The number of carbonyl (C=O) groups excluding carboxylic acids is 1. The van der Waals surface area contributed by atoms with Gasteiger partial charge >= 0.3 is 0 Å². The van der Waals surface area contributed by atoms with E-state index >= 15 is 0 Å². The maximum Gasteiger partial charge on any atom is 0.220 e. The van der Waals surface area contributed by atoms with Crippen LogP contribution in [0.5, 0.6) is 0 Å². The van der Waals surface area contributed by atoms with Gasteiger partial charge in [0.05, 0.1) is 0 Å². The molecule has 4 heteroatoms. The van der Waals surface area contributed by atoms with Gasteiger partial charge in [0.2, 0.25) is 5.91 Å². The van der Waals surface area contributed by atoms with Crippen LogP contribution in [0.25, 0.3) is 0 Å². The highest BCUT2D eigenvalue weighted by Gasteiger charge is 2.42. The van der Waals surface area contributed by atoms with Crippen LogP contribution in [0.3, 0.4) is 0 Å². The van der Waals surface area contributed by atoms with Gasteiger partial charge in [-0.15, -0.1) is 12.4 Å². The summed E-state index contributed by atoms with van der Waals surface area (Å²) in [6.45, 7) is 6.33. The van der Waals surface area contributed by atoms with E-state index in [1.165, 1.54) is 19.3 Å². The van der Waals surface area contributed by atoms with E-state index in [2.05, 4.69) is 24.5 Å². The molecule has 0 aromatic carbocycles. The van der Waals surface area contributed by atoms with Crippen LogP contribution in [0.2, 0.25) is 0 Å². The van der Waals surface area contributed by atoms with Gasteiger partial charge in [0.15, 0.2) is 0 Å².